The summed E-state index contributed by atoms with van der Waals surface area (Å²) in [7, 11) is 0. The monoisotopic (exact) mass is 291 g/mol. The third-order valence-electron chi connectivity index (χ3n) is 3.40. The van der Waals surface area contributed by atoms with E-state index in [1.54, 1.807) is 12.1 Å². The van der Waals surface area contributed by atoms with Gasteiger partial charge in [0.2, 0.25) is 0 Å². The standard InChI is InChI=1S/C17H19ClFN/c1-4-20-10-13-5-6-14(18)9-16(13)17-11(2)7-15(19)8-12(17)3/h5-9,20H,4,10H2,1-3H3. The van der Waals surface area contributed by atoms with E-state index in [0.29, 0.717) is 5.02 Å². The molecular formula is C17H19ClFN. The van der Waals surface area contributed by atoms with Gasteiger partial charge >= 0.3 is 0 Å². The first kappa shape index (κ1) is 15.0. The number of hydrogen-bond acceptors (Lipinski definition) is 1. The molecule has 0 bridgehead atoms. The van der Waals surface area contributed by atoms with E-state index in [0.717, 1.165) is 35.3 Å². The van der Waals surface area contributed by atoms with Gasteiger partial charge in [-0.3, -0.25) is 0 Å². The average molecular weight is 292 g/mol. The lowest BCUT2D eigenvalue weighted by atomic mass is 9.92. The lowest BCUT2D eigenvalue weighted by Gasteiger charge is -2.16. The third-order valence-corrected chi connectivity index (χ3v) is 3.64. The molecule has 0 fully saturated rings. The fraction of sp³-hybridized carbons (Fsp3) is 0.294. The molecule has 0 heterocycles. The van der Waals surface area contributed by atoms with E-state index < -0.39 is 0 Å². The van der Waals surface area contributed by atoms with Crippen molar-refractivity contribution in [3.05, 3.63) is 57.9 Å². The normalized spacial score (nSPS) is 10.8. The van der Waals surface area contributed by atoms with E-state index in [-0.39, 0.29) is 5.82 Å². The van der Waals surface area contributed by atoms with E-state index in [1.807, 2.05) is 32.0 Å². The maximum atomic E-state index is 13.5. The fourth-order valence-corrected chi connectivity index (χ4v) is 2.70. The van der Waals surface area contributed by atoms with Gasteiger partial charge in [-0.1, -0.05) is 24.6 Å². The van der Waals surface area contributed by atoms with Crippen molar-refractivity contribution in [1.82, 2.24) is 5.32 Å². The summed E-state index contributed by atoms with van der Waals surface area (Å²) in [5.74, 6) is -0.195. The Morgan fingerprint density at radius 1 is 1.10 bits per heavy atom. The van der Waals surface area contributed by atoms with Gasteiger partial charge in [-0.2, -0.15) is 0 Å². The lowest BCUT2D eigenvalue weighted by molar-refractivity contribution is 0.625. The highest BCUT2D eigenvalue weighted by Crippen LogP contribution is 2.32. The van der Waals surface area contributed by atoms with Gasteiger partial charge in [0, 0.05) is 11.6 Å². The van der Waals surface area contributed by atoms with Gasteiger partial charge in [0.1, 0.15) is 5.82 Å². The number of hydrogen-bond donors (Lipinski definition) is 1. The number of halogens is 2. The summed E-state index contributed by atoms with van der Waals surface area (Å²) in [6.07, 6.45) is 0. The molecule has 20 heavy (non-hydrogen) atoms. The molecule has 0 spiro atoms. The first-order valence-electron chi connectivity index (χ1n) is 6.79. The number of nitrogens with one attached hydrogen (secondary N) is 1. The van der Waals surface area contributed by atoms with Crippen LogP contribution in [0.1, 0.15) is 23.6 Å². The minimum Gasteiger partial charge on any atom is -0.313 e. The lowest BCUT2D eigenvalue weighted by Crippen LogP contribution is -2.12. The molecule has 0 aliphatic heterocycles. The topological polar surface area (TPSA) is 12.0 Å². The van der Waals surface area contributed by atoms with Crippen LogP contribution < -0.4 is 5.32 Å². The molecule has 3 heteroatoms. The van der Waals surface area contributed by atoms with Gasteiger partial charge in [0.25, 0.3) is 0 Å². The molecule has 2 aromatic carbocycles. The maximum Gasteiger partial charge on any atom is 0.123 e. The molecule has 0 amide bonds. The predicted molar refractivity (Wildman–Crippen MR) is 83.7 cm³/mol. The molecule has 106 valence electrons. The van der Waals surface area contributed by atoms with E-state index in [4.69, 9.17) is 11.6 Å². The minimum absolute atomic E-state index is 0.195. The Kier molecular flexibility index (Phi) is 4.79. The van der Waals surface area contributed by atoms with Crippen LogP contribution in [-0.2, 0) is 6.54 Å². The molecule has 0 saturated heterocycles. The van der Waals surface area contributed by atoms with Crippen molar-refractivity contribution in [1.29, 1.82) is 0 Å². The van der Waals surface area contributed by atoms with Crippen LogP contribution in [0, 0.1) is 19.7 Å². The van der Waals surface area contributed by atoms with Gasteiger partial charge in [-0.05, 0) is 72.5 Å². The first-order chi connectivity index (χ1) is 9.52. The highest BCUT2D eigenvalue weighted by molar-refractivity contribution is 6.30. The van der Waals surface area contributed by atoms with E-state index >= 15 is 0 Å². The van der Waals surface area contributed by atoms with Crippen LogP contribution in [0.3, 0.4) is 0 Å². The molecule has 1 N–H and O–H groups in total. The summed E-state index contributed by atoms with van der Waals surface area (Å²) in [6, 6.07) is 9.02. The summed E-state index contributed by atoms with van der Waals surface area (Å²) in [4.78, 5) is 0. The molecule has 0 aromatic heterocycles. The van der Waals surface area contributed by atoms with Crippen LogP contribution >= 0.6 is 11.6 Å². The Balaban J connectivity index is 2.59. The van der Waals surface area contributed by atoms with Crippen molar-refractivity contribution in [3.8, 4) is 11.1 Å². The average Bonchev–Trinajstić information content (AvgIpc) is 2.36. The molecule has 2 rings (SSSR count). The first-order valence-corrected chi connectivity index (χ1v) is 7.17. The zero-order valence-electron chi connectivity index (χ0n) is 12.1. The minimum atomic E-state index is -0.195. The third kappa shape index (κ3) is 3.20. The fourth-order valence-electron chi connectivity index (χ4n) is 2.53. The predicted octanol–water partition coefficient (Wildman–Crippen LogP) is 4.87. The Bertz CT molecular complexity index is 599. The largest absolute Gasteiger partial charge is 0.313 e. The Morgan fingerprint density at radius 2 is 1.75 bits per heavy atom. The van der Waals surface area contributed by atoms with Gasteiger partial charge in [-0.15, -0.1) is 0 Å². The van der Waals surface area contributed by atoms with Crippen molar-refractivity contribution in [2.24, 2.45) is 0 Å². The second-order valence-electron chi connectivity index (χ2n) is 5.00. The molecule has 0 radical (unpaired) electrons. The summed E-state index contributed by atoms with van der Waals surface area (Å²) in [6.45, 7) is 7.62. The summed E-state index contributed by atoms with van der Waals surface area (Å²) in [5, 5.41) is 4.02. The Labute approximate surface area is 124 Å². The quantitative estimate of drug-likeness (QED) is 0.847. The molecule has 0 aliphatic rings. The van der Waals surface area contributed by atoms with Crippen molar-refractivity contribution >= 4 is 11.6 Å². The smallest absolute Gasteiger partial charge is 0.123 e. The van der Waals surface area contributed by atoms with E-state index in [1.165, 1.54) is 5.56 Å². The van der Waals surface area contributed by atoms with Crippen LogP contribution in [0.5, 0.6) is 0 Å². The highest BCUT2D eigenvalue weighted by Gasteiger charge is 2.12. The number of aryl methyl sites for hydroxylation is 2. The second-order valence-corrected chi connectivity index (χ2v) is 5.43. The van der Waals surface area contributed by atoms with Gasteiger partial charge in [0.05, 0.1) is 0 Å². The van der Waals surface area contributed by atoms with Gasteiger partial charge < -0.3 is 5.32 Å². The molecule has 0 atom stereocenters. The van der Waals surface area contributed by atoms with Crippen LogP contribution in [-0.4, -0.2) is 6.54 Å². The second kappa shape index (κ2) is 6.38. The number of benzene rings is 2. The molecule has 2 aromatic rings. The molecular weight excluding hydrogens is 273 g/mol. The zero-order valence-corrected chi connectivity index (χ0v) is 12.8. The SMILES string of the molecule is CCNCc1ccc(Cl)cc1-c1c(C)cc(F)cc1C. The van der Waals surface area contributed by atoms with E-state index in [2.05, 4.69) is 12.2 Å². The van der Waals surface area contributed by atoms with Gasteiger partial charge in [0.15, 0.2) is 0 Å². The molecule has 0 saturated carbocycles. The Morgan fingerprint density at radius 3 is 2.35 bits per heavy atom. The molecule has 0 unspecified atom stereocenters. The van der Waals surface area contributed by atoms with Crippen molar-refractivity contribution < 1.29 is 4.39 Å². The van der Waals surface area contributed by atoms with Crippen molar-refractivity contribution in [2.75, 3.05) is 6.54 Å². The molecule has 1 nitrogen and oxygen atoms in total. The summed E-state index contributed by atoms with van der Waals surface area (Å²) >= 11 is 6.14. The van der Waals surface area contributed by atoms with Crippen molar-refractivity contribution in [3.63, 3.8) is 0 Å². The van der Waals surface area contributed by atoms with Crippen LogP contribution in [0.25, 0.3) is 11.1 Å². The maximum absolute atomic E-state index is 13.5. The van der Waals surface area contributed by atoms with E-state index in [9.17, 15) is 4.39 Å². The van der Waals surface area contributed by atoms with Crippen LogP contribution in [0.4, 0.5) is 4.39 Å². The van der Waals surface area contributed by atoms with Crippen LogP contribution in [0.15, 0.2) is 30.3 Å². The molecule has 0 aliphatic carbocycles. The van der Waals surface area contributed by atoms with Crippen molar-refractivity contribution in [2.45, 2.75) is 27.3 Å². The number of rotatable bonds is 4. The van der Waals surface area contributed by atoms with Gasteiger partial charge in [-0.25, -0.2) is 4.39 Å². The summed E-state index contributed by atoms with van der Waals surface area (Å²) in [5.41, 5.74) is 5.19. The van der Waals surface area contributed by atoms with Crippen LogP contribution in [0.2, 0.25) is 5.02 Å². The Hall–Kier alpha value is -1.38. The summed E-state index contributed by atoms with van der Waals surface area (Å²) < 4.78 is 13.5. The highest BCUT2D eigenvalue weighted by atomic mass is 35.5. The zero-order chi connectivity index (χ0) is 14.7.